The third-order valence-electron chi connectivity index (χ3n) is 4.27. The Labute approximate surface area is 143 Å². The normalized spacial score (nSPS) is 13.9. The molecule has 0 aliphatic heterocycles. The Balaban J connectivity index is 2.34. The number of hydrogen-bond donors (Lipinski definition) is 1. The smallest absolute Gasteiger partial charge is 0.223 e. The van der Waals surface area contributed by atoms with Crippen LogP contribution in [0.15, 0.2) is 18.5 Å². The fourth-order valence-corrected chi connectivity index (χ4v) is 3.14. The first-order valence-electron chi connectivity index (χ1n) is 7.85. The van der Waals surface area contributed by atoms with Gasteiger partial charge in [0.15, 0.2) is 9.84 Å². The summed E-state index contributed by atoms with van der Waals surface area (Å²) in [7, 11) is -3.18. The fraction of sp³-hybridized carbons (Fsp3) is 0.529. The first kappa shape index (κ1) is 18.6. The van der Waals surface area contributed by atoms with Gasteiger partial charge in [0.05, 0.1) is 16.2 Å². The van der Waals surface area contributed by atoms with Crippen molar-refractivity contribution in [1.29, 1.82) is 0 Å². The maximum absolute atomic E-state index is 11.9. The van der Waals surface area contributed by atoms with E-state index in [9.17, 15) is 8.42 Å². The van der Waals surface area contributed by atoms with Crippen molar-refractivity contribution in [3.8, 4) is 5.88 Å². The molecule has 0 radical (unpaired) electrons. The first-order chi connectivity index (χ1) is 11.0. The Morgan fingerprint density at radius 1 is 1.25 bits per heavy atom. The Morgan fingerprint density at radius 2 is 1.92 bits per heavy atom. The highest BCUT2D eigenvalue weighted by Crippen LogP contribution is 2.29. The number of aromatic nitrogens is 2. The monoisotopic (exact) mass is 351 g/mol. The predicted molar refractivity (Wildman–Crippen MR) is 95.8 cm³/mol. The predicted octanol–water partition coefficient (Wildman–Crippen LogP) is 2.38. The lowest BCUT2D eigenvalue weighted by Crippen LogP contribution is -2.36. The van der Waals surface area contributed by atoms with Crippen molar-refractivity contribution in [2.75, 3.05) is 6.26 Å². The molecule has 6 nitrogen and oxygen atoms in total. The van der Waals surface area contributed by atoms with E-state index in [4.69, 9.17) is 10.5 Å². The van der Waals surface area contributed by atoms with E-state index in [0.29, 0.717) is 18.8 Å². The topological polar surface area (TPSA) is 95.2 Å². The molecule has 2 rings (SSSR count). The van der Waals surface area contributed by atoms with E-state index >= 15 is 0 Å². The van der Waals surface area contributed by atoms with Crippen LogP contribution in [-0.2, 0) is 16.4 Å². The summed E-state index contributed by atoms with van der Waals surface area (Å²) in [6.07, 6.45) is 4.73. The average molecular weight is 351 g/mol. The molecule has 2 aromatic heterocycles. The number of rotatable bonds is 6. The molecule has 2 aromatic rings. The van der Waals surface area contributed by atoms with Crippen LogP contribution in [0.25, 0.3) is 10.8 Å². The molecule has 0 saturated heterocycles. The molecular formula is C17H25N3O3S. The second-order valence-corrected chi connectivity index (χ2v) is 9.48. The van der Waals surface area contributed by atoms with Gasteiger partial charge in [-0.1, -0.05) is 0 Å². The highest BCUT2D eigenvalue weighted by atomic mass is 32.2. The summed E-state index contributed by atoms with van der Waals surface area (Å²) >= 11 is 0. The number of nitrogens with two attached hydrogens (primary N) is 1. The van der Waals surface area contributed by atoms with Gasteiger partial charge in [0.25, 0.3) is 0 Å². The molecule has 2 heterocycles. The highest BCUT2D eigenvalue weighted by molar-refractivity contribution is 7.92. The standard InChI is InChI=1S/C17H25N3O3S/c1-11-6-14-13(8-18)9-20-16(15(14)10-19-11)23-12(2)7-17(3,4)24(5,21)22/h6,9-10,12H,7-8,18H2,1-5H3. The lowest BCUT2D eigenvalue weighted by atomic mass is 10.1. The summed E-state index contributed by atoms with van der Waals surface area (Å²) in [4.78, 5) is 8.66. The van der Waals surface area contributed by atoms with E-state index in [1.165, 1.54) is 6.26 Å². The summed E-state index contributed by atoms with van der Waals surface area (Å²) in [6.45, 7) is 7.55. The molecule has 1 atom stereocenters. The van der Waals surface area contributed by atoms with Crippen molar-refractivity contribution in [3.63, 3.8) is 0 Å². The molecule has 24 heavy (non-hydrogen) atoms. The number of pyridine rings is 2. The van der Waals surface area contributed by atoms with Crippen LogP contribution in [0.5, 0.6) is 5.88 Å². The minimum absolute atomic E-state index is 0.310. The number of fused-ring (bicyclic) bond motifs is 1. The molecule has 0 aliphatic rings. The molecule has 2 N–H and O–H groups in total. The summed E-state index contributed by atoms with van der Waals surface area (Å²) in [5.74, 6) is 0.450. The molecule has 1 unspecified atom stereocenters. The van der Waals surface area contributed by atoms with E-state index in [1.54, 1.807) is 26.2 Å². The van der Waals surface area contributed by atoms with Crippen LogP contribution in [-0.4, -0.2) is 35.5 Å². The molecule has 0 aromatic carbocycles. The van der Waals surface area contributed by atoms with Crippen molar-refractivity contribution in [1.82, 2.24) is 9.97 Å². The van der Waals surface area contributed by atoms with E-state index in [2.05, 4.69) is 9.97 Å². The van der Waals surface area contributed by atoms with Gasteiger partial charge in [-0.2, -0.15) is 0 Å². The van der Waals surface area contributed by atoms with Crippen LogP contribution in [0.4, 0.5) is 0 Å². The van der Waals surface area contributed by atoms with Crippen molar-refractivity contribution in [2.45, 2.75) is 51.5 Å². The zero-order valence-electron chi connectivity index (χ0n) is 14.8. The quantitative estimate of drug-likeness (QED) is 0.858. The molecule has 0 spiro atoms. The molecule has 0 aliphatic carbocycles. The molecule has 7 heteroatoms. The van der Waals surface area contributed by atoms with Gasteiger partial charge in [0, 0.05) is 37.3 Å². The molecule has 0 saturated carbocycles. The average Bonchev–Trinajstić information content (AvgIpc) is 2.45. The molecule has 0 amide bonds. The lowest BCUT2D eigenvalue weighted by molar-refractivity contribution is 0.192. The Kier molecular flexibility index (Phi) is 5.15. The van der Waals surface area contributed by atoms with Gasteiger partial charge in [-0.15, -0.1) is 0 Å². The SMILES string of the molecule is Cc1cc2c(CN)cnc(OC(C)CC(C)(C)S(C)(=O)=O)c2cn1. The molecular weight excluding hydrogens is 326 g/mol. The lowest BCUT2D eigenvalue weighted by Gasteiger charge is -2.26. The van der Waals surface area contributed by atoms with Gasteiger partial charge >= 0.3 is 0 Å². The third-order valence-corrected chi connectivity index (χ3v) is 6.44. The first-order valence-corrected chi connectivity index (χ1v) is 9.75. The maximum atomic E-state index is 11.9. The van der Waals surface area contributed by atoms with Gasteiger partial charge in [-0.05, 0) is 44.7 Å². The molecule has 0 fully saturated rings. The number of sulfone groups is 1. The number of aryl methyl sites for hydroxylation is 1. The van der Waals surface area contributed by atoms with E-state index in [-0.39, 0.29) is 6.10 Å². The van der Waals surface area contributed by atoms with Gasteiger partial charge in [-0.25, -0.2) is 13.4 Å². The minimum Gasteiger partial charge on any atom is -0.474 e. The van der Waals surface area contributed by atoms with Crippen molar-refractivity contribution >= 4 is 20.6 Å². The number of ether oxygens (including phenoxy) is 1. The van der Waals surface area contributed by atoms with Crippen molar-refractivity contribution < 1.29 is 13.2 Å². The van der Waals surface area contributed by atoms with Gasteiger partial charge in [0.2, 0.25) is 5.88 Å². The number of hydrogen-bond acceptors (Lipinski definition) is 6. The van der Waals surface area contributed by atoms with Crippen LogP contribution in [0.3, 0.4) is 0 Å². The second kappa shape index (κ2) is 6.64. The van der Waals surface area contributed by atoms with E-state index in [0.717, 1.165) is 22.0 Å². The third kappa shape index (κ3) is 3.84. The Morgan fingerprint density at radius 3 is 2.50 bits per heavy atom. The zero-order valence-corrected chi connectivity index (χ0v) is 15.6. The Bertz CT molecular complexity index is 848. The summed E-state index contributed by atoms with van der Waals surface area (Å²) < 4.78 is 28.8. The van der Waals surface area contributed by atoms with Crippen molar-refractivity contribution in [2.24, 2.45) is 5.73 Å². The zero-order chi connectivity index (χ0) is 18.1. The van der Waals surface area contributed by atoms with Crippen molar-refractivity contribution in [3.05, 3.63) is 29.7 Å². The van der Waals surface area contributed by atoms with Crippen LogP contribution in [0.2, 0.25) is 0 Å². The van der Waals surface area contributed by atoms with Crippen LogP contribution < -0.4 is 10.5 Å². The van der Waals surface area contributed by atoms with Crippen LogP contribution >= 0.6 is 0 Å². The van der Waals surface area contributed by atoms with Gasteiger partial charge < -0.3 is 10.5 Å². The minimum atomic E-state index is -3.18. The highest BCUT2D eigenvalue weighted by Gasteiger charge is 2.32. The summed E-state index contributed by atoms with van der Waals surface area (Å²) in [5, 5.41) is 1.75. The summed E-state index contributed by atoms with van der Waals surface area (Å²) in [5.41, 5.74) is 7.59. The largest absolute Gasteiger partial charge is 0.474 e. The maximum Gasteiger partial charge on any atom is 0.223 e. The van der Waals surface area contributed by atoms with Crippen LogP contribution in [0, 0.1) is 6.92 Å². The van der Waals surface area contributed by atoms with Gasteiger partial charge in [-0.3, -0.25) is 4.98 Å². The fourth-order valence-electron chi connectivity index (χ4n) is 2.60. The van der Waals surface area contributed by atoms with Crippen LogP contribution in [0.1, 0.15) is 38.4 Å². The number of nitrogens with zero attached hydrogens (tertiary/aromatic N) is 2. The second-order valence-electron chi connectivity index (χ2n) is 6.83. The molecule has 132 valence electrons. The van der Waals surface area contributed by atoms with Gasteiger partial charge in [0.1, 0.15) is 0 Å². The van der Waals surface area contributed by atoms with E-state index in [1.807, 2.05) is 19.9 Å². The summed E-state index contributed by atoms with van der Waals surface area (Å²) in [6, 6.07) is 1.96. The molecule has 0 bridgehead atoms. The van der Waals surface area contributed by atoms with E-state index < -0.39 is 14.6 Å². The Hall–Kier alpha value is -1.73.